The second-order valence-corrected chi connectivity index (χ2v) is 3.06. The summed E-state index contributed by atoms with van der Waals surface area (Å²) >= 11 is 0. The Morgan fingerprint density at radius 2 is 2.07 bits per heavy atom. The van der Waals surface area contributed by atoms with E-state index in [0.717, 1.165) is 11.3 Å². The quantitative estimate of drug-likeness (QED) is 0.803. The van der Waals surface area contributed by atoms with Crippen LogP contribution in [0.25, 0.3) is 11.3 Å². The lowest BCUT2D eigenvalue weighted by molar-refractivity contribution is 0.398. The Kier molecular flexibility index (Phi) is 2.49. The van der Waals surface area contributed by atoms with Crippen molar-refractivity contribution < 1.29 is 4.74 Å². The van der Waals surface area contributed by atoms with Crippen LogP contribution in [0.15, 0.2) is 36.7 Å². The molecule has 0 fully saturated rings. The van der Waals surface area contributed by atoms with E-state index in [0.29, 0.717) is 11.6 Å². The molecule has 0 aromatic carbocycles. The zero-order valence-corrected chi connectivity index (χ0v) is 8.34. The van der Waals surface area contributed by atoms with E-state index >= 15 is 0 Å². The maximum absolute atomic E-state index is 5.67. The molecule has 15 heavy (non-hydrogen) atoms. The molecule has 0 aliphatic rings. The second kappa shape index (κ2) is 3.96. The summed E-state index contributed by atoms with van der Waals surface area (Å²) in [6.07, 6.45) is 3.38. The van der Waals surface area contributed by atoms with Crippen molar-refractivity contribution in [3.05, 3.63) is 36.7 Å². The van der Waals surface area contributed by atoms with Crippen molar-refractivity contribution in [2.24, 2.45) is 0 Å². The van der Waals surface area contributed by atoms with Crippen molar-refractivity contribution in [2.75, 3.05) is 12.8 Å². The summed E-state index contributed by atoms with van der Waals surface area (Å²) in [7, 11) is 1.58. The van der Waals surface area contributed by atoms with Crippen molar-refractivity contribution in [1.29, 1.82) is 0 Å². The lowest BCUT2D eigenvalue weighted by Crippen LogP contribution is -1.90. The van der Waals surface area contributed by atoms with Gasteiger partial charge in [0.2, 0.25) is 5.88 Å². The van der Waals surface area contributed by atoms with Crippen molar-refractivity contribution in [1.82, 2.24) is 9.97 Å². The number of ether oxygens (including phenoxy) is 1. The Labute approximate surface area is 87.7 Å². The monoisotopic (exact) mass is 201 g/mol. The highest BCUT2D eigenvalue weighted by molar-refractivity contribution is 5.62. The summed E-state index contributed by atoms with van der Waals surface area (Å²) in [5, 5.41) is 0. The number of nitrogen functional groups attached to an aromatic ring is 1. The van der Waals surface area contributed by atoms with Gasteiger partial charge in [0.1, 0.15) is 0 Å². The fraction of sp³-hybridized carbons (Fsp3) is 0.0909. The predicted octanol–water partition coefficient (Wildman–Crippen LogP) is 1.73. The number of anilines is 1. The van der Waals surface area contributed by atoms with Gasteiger partial charge in [-0.3, -0.25) is 4.98 Å². The van der Waals surface area contributed by atoms with Crippen molar-refractivity contribution >= 4 is 5.69 Å². The van der Waals surface area contributed by atoms with E-state index in [4.69, 9.17) is 10.5 Å². The average molecular weight is 201 g/mol. The molecular weight excluding hydrogens is 190 g/mol. The topological polar surface area (TPSA) is 61.0 Å². The molecule has 0 atom stereocenters. The molecule has 4 heteroatoms. The molecule has 0 saturated carbocycles. The highest BCUT2D eigenvalue weighted by atomic mass is 16.5. The summed E-state index contributed by atoms with van der Waals surface area (Å²) in [5.74, 6) is 0.586. The number of pyridine rings is 2. The fourth-order valence-corrected chi connectivity index (χ4v) is 1.26. The molecule has 0 spiro atoms. The van der Waals surface area contributed by atoms with E-state index in [9.17, 15) is 0 Å². The number of rotatable bonds is 2. The largest absolute Gasteiger partial charge is 0.481 e. The Morgan fingerprint density at radius 3 is 2.67 bits per heavy atom. The molecule has 0 radical (unpaired) electrons. The first-order valence-electron chi connectivity index (χ1n) is 4.51. The normalized spacial score (nSPS) is 9.93. The molecule has 2 aromatic rings. The molecule has 76 valence electrons. The number of hydrogen-bond acceptors (Lipinski definition) is 4. The molecule has 2 N–H and O–H groups in total. The van der Waals surface area contributed by atoms with Crippen LogP contribution in [0, 0.1) is 0 Å². The van der Waals surface area contributed by atoms with E-state index in [2.05, 4.69) is 9.97 Å². The molecule has 2 heterocycles. The molecular formula is C11H11N3O. The van der Waals surface area contributed by atoms with Crippen LogP contribution in [0.3, 0.4) is 0 Å². The predicted molar refractivity (Wildman–Crippen MR) is 58.4 cm³/mol. The molecule has 0 aliphatic heterocycles. The maximum atomic E-state index is 5.67. The van der Waals surface area contributed by atoms with Crippen LogP contribution in [0.1, 0.15) is 0 Å². The average Bonchev–Trinajstić information content (AvgIpc) is 2.29. The summed E-state index contributed by atoms with van der Waals surface area (Å²) in [6.45, 7) is 0. The SMILES string of the molecule is COc1ccc(-c2cc(N)ccn2)cn1. The van der Waals surface area contributed by atoms with Crippen molar-refractivity contribution in [2.45, 2.75) is 0 Å². The van der Waals surface area contributed by atoms with Crippen LogP contribution < -0.4 is 10.5 Å². The number of nitrogens with zero attached hydrogens (tertiary/aromatic N) is 2. The fourth-order valence-electron chi connectivity index (χ4n) is 1.26. The first-order chi connectivity index (χ1) is 7.29. The first-order valence-corrected chi connectivity index (χ1v) is 4.51. The van der Waals surface area contributed by atoms with Crippen LogP contribution >= 0.6 is 0 Å². The molecule has 0 saturated heterocycles. The van der Waals surface area contributed by atoms with Gasteiger partial charge < -0.3 is 10.5 Å². The standard InChI is InChI=1S/C11H11N3O/c1-15-11-3-2-8(7-14-11)10-6-9(12)4-5-13-10/h2-7H,1H3,(H2,12,13). The van der Waals surface area contributed by atoms with Gasteiger partial charge in [-0.25, -0.2) is 4.98 Å². The minimum atomic E-state index is 0.586. The van der Waals surface area contributed by atoms with E-state index in [1.165, 1.54) is 0 Å². The highest BCUT2D eigenvalue weighted by Gasteiger charge is 2.00. The van der Waals surface area contributed by atoms with Gasteiger partial charge in [0.05, 0.1) is 12.8 Å². The Balaban J connectivity index is 2.37. The summed E-state index contributed by atoms with van der Waals surface area (Å²) in [5.41, 5.74) is 8.09. The van der Waals surface area contributed by atoms with Crippen LogP contribution in [0.5, 0.6) is 5.88 Å². The Morgan fingerprint density at radius 1 is 1.20 bits per heavy atom. The number of aromatic nitrogens is 2. The van der Waals surface area contributed by atoms with Crippen LogP contribution in [0.2, 0.25) is 0 Å². The zero-order chi connectivity index (χ0) is 10.7. The van der Waals surface area contributed by atoms with Gasteiger partial charge in [-0.15, -0.1) is 0 Å². The molecule has 0 amide bonds. The van der Waals surface area contributed by atoms with Gasteiger partial charge in [0, 0.05) is 29.7 Å². The lowest BCUT2D eigenvalue weighted by atomic mass is 10.2. The van der Waals surface area contributed by atoms with E-state index in [1.807, 2.05) is 12.1 Å². The van der Waals surface area contributed by atoms with Gasteiger partial charge in [-0.2, -0.15) is 0 Å². The number of methoxy groups -OCH3 is 1. The minimum Gasteiger partial charge on any atom is -0.481 e. The third kappa shape index (κ3) is 2.04. The molecule has 0 aliphatic carbocycles. The third-order valence-electron chi connectivity index (χ3n) is 2.03. The third-order valence-corrected chi connectivity index (χ3v) is 2.03. The highest BCUT2D eigenvalue weighted by Crippen LogP contribution is 2.19. The lowest BCUT2D eigenvalue weighted by Gasteiger charge is -2.02. The summed E-state index contributed by atoms with van der Waals surface area (Å²) in [4.78, 5) is 8.30. The molecule has 2 aromatic heterocycles. The van der Waals surface area contributed by atoms with Crippen molar-refractivity contribution in [3.63, 3.8) is 0 Å². The van der Waals surface area contributed by atoms with E-state index < -0.39 is 0 Å². The molecule has 2 rings (SSSR count). The molecule has 4 nitrogen and oxygen atoms in total. The van der Waals surface area contributed by atoms with E-state index in [1.54, 1.807) is 31.6 Å². The van der Waals surface area contributed by atoms with Gasteiger partial charge >= 0.3 is 0 Å². The van der Waals surface area contributed by atoms with Crippen molar-refractivity contribution in [3.8, 4) is 17.1 Å². The number of hydrogen-bond donors (Lipinski definition) is 1. The molecule has 0 unspecified atom stereocenters. The van der Waals surface area contributed by atoms with Crippen LogP contribution in [-0.2, 0) is 0 Å². The van der Waals surface area contributed by atoms with Gasteiger partial charge in [0.15, 0.2) is 0 Å². The molecule has 0 bridgehead atoms. The second-order valence-electron chi connectivity index (χ2n) is 3.06. The smallest absolute Gasteiger partial charge is 0.212 e. The zero-order valence-electron chi connectivity index (χ0n) is 8.34. The van der Waals surface area contributed by atoms with Gasteiger partial charge in [0.25, 0.3) is 0 Å². The number of nitrogens with two attached hydrogens (primary N) is 1. The summed E-state index contributed by atoms with van der Waals surface area (Å²) < 4.78 is 4.97. The van der Waals surface area contributed by atoms with Crippen LogP contribution in [0.4, 0.5) is 5.69 Å². The van der Waals surface area contributed by atoms with Gasteiger partial charge in [-0.05, 0) is 18.2 Å². The minimum absolute atomic E-state index is 0.586. The summed E-state index contributed by atoms with van der Waals surface area (Å²) in [6, 6.07) is 7.25. The van der Waals surface area contributed by atoms with Gasteiger partial charge in [-0.1, -0.05) is 0 Å². The maximum Gasteiger partial charge on any atom is 0.212 e. The van der Waals surface area contributed by atoms with Crippen LogP contribution in [-0.4, -0.2) is 17.1 Å². The Bertz CT molecular complexity index is 454. The van der Waals surface area contributed by atoms with E-state index in [-0.39, 0.29) is 0 Å². The Hall–Kier alpha value is -2.10. The first kappa shape index (κ1) is 9.45.